The summed E-state index contributed by atoms with van der Waals surface area (Å²) in [5, 5.41) is 13.9. The second-order valence-electron chi connectivity index (χ2n) is 18.8. The summed E-state index contributed by atoms with van der Waals surface area (Å²) >= 11 is 0. The summed E-state index contributed by atoms with van der Waals surface area (Å²) in [6, 6.07) is 99.6. The number of nitrogens with zero attached hydrogens (tertiary/aromatic N) is 4. The van der Waals surface area contributed by atoms with Crippen molar-refractivity contribution in [2.24, 2.45) is 0 Å². The minimum absolute atomic E-state index is 1.13. The molecule has 0 N–H and O–H groups in total. The predicted molar refractivity (Wildman–Crippen MR) is 302 cm³/mol. The van der Waals surface area contributed by atoms with Gasteiger partial charge in [0.2, 0.25) is 0 Å². The minimum Gasteiger partial charge on any atom is -0.355 e. The zero-order valence-corrected chi connectivity index (χ0v) is 39.7. The van der Waals surface area contributed by atoms with Crippen LogP contribution in [0.3, 0.4) is 0 Å². The smallest absolute Gasteiger partial charge is 0.257 e. The van der Waals surface area contributed by atoms with E-state index in [9.17, 15) is 0 Å². The van der Waals surface area contributed by atoms with Gasteiger partial charge in [-0.2, -0.15) is 0 Å². The molecule has 11 aromatic carbocycles. The molecule has 0 aliphatic heterocycles. The highest BCUT2D eigenvalue weighted by Gasteiger charge is 2.45. The van der Waals surface area contributed by atoms with Gasteiger partial charge in [-0.05, 0) is 100 Å². The fourth-order valence-corrected chi connectivity index (χ4v) is 17.3. The van der Waals surface area contributed by atoms with E-state index >= 15 is 0 Å². The van der Waals surface area contributed by atoms with Crippen molar-refractivity contribution in [2.75, 3.05) is 0 Å². The number of aromatic nitrogens is 4. The maximum absolute atomic E-state index is 3.35. The third-order valence-electron chi connectivity index (χ3n) is 15.2. The Morgan fingerprint density at radius 1 is 0.197 bits per heavy atom. The van der Waals surface area contributed by atoms with Crippen LogP contribution >= 0.6 is 0 Å². The molecule has 0 fully saturated rings. The van der Waals surface area contributed by atoms with Crippen molar-refractivity contribution >= 4 is 111 Å². The lowest BCUT2D eigenvalue weighted by atomic mass is 10.1. The van der Waals surface area contributed by atoms with Crippen LogP contribution in [0.4, 0.5) is 0 Å². The Bertz CT molecular complexity index is 4450. The molecule has 4 aromatic heterocycles. The molecule has 332 valence electrons. The molecule has 1 atom stereocenters. The standard InChI is InChI=1S/C66H44N4Si/c1-2-22-48(23-3-1)71(70-65-38-16-9-30-55(65)56-31-10-17-39-66(56)70,49-24-18-20-45(42-49)67-59-33-11-4-26-51(59)52-27-5-12-34-60(52)67)50-25-19-21-46(43-50)68-63-37-15-8-32-57(63)58-44-47(40-41-64(58)68)69-61-35-13-6-28-53(61)54-29-7-14-36-62(54)69/h1-44H. The summed E-state index contributed by atoms with van der Waals surface area (Å²) < 4.78 is 10.2. The van der Waals surface area contributed by atoms with E-state index in [2.05, 4.69) is 285 Å². The summed E-state index contributed by atoms with van der Waals surface area (Å²) in [7, 11) is -3.35. The molecule has 1 unspecified atom stereocenters. The number of benzene rings is 11. The molecule has 0 aliphatic carbocycles. The number of fused-ring (bicyclic) bond motifs is 12. The average Bonchev–Trinajstić information content (AvgIpc) is 4.17. The van der Waals surface area contributed by atoms with Crippen LogP contribution in [0.15, 0.2) is 267 Å². The van der Waals surface area contributed by atoms with Crippen LogP contribution < -0.4 is 15.6 Å². The molecule has 0 saturated carbocycles. The van der Waals surface area contributed by atoms with Crippen molar-refractivity contribution in [1.29, 1.82) is 0 Å². The van der Waals surface area contributed by atoms with Crippen LogP contribution in [-0.2, 0) is 0 Å². The van der Waals surface area contributed by atoms with Gasteiger partial charge in [0.1, 0.15) is 0 Å². The molecular formula is C66H44N4Si. The van der Waals surface area contributed by atoms with Crippen LogP contribution in [0.25, 0.3) is 104 Å². The molecule has 5 heteroatoms. The third-order valence-corrected chi connectivity index (χ3v) is 19.8. The number of hydrogen-bond acceptors (Lipinski definition) is 0. The van der Waals surface area contributed by atoms with E-state index < -0.39 is 8.24 Å². The molecule has 15 aromatic rings. The van der Waals surface area contributed by atoms with Crippen molar-refractivity contribution < 1.29 is 0 Å². The highest BCUT2D eigenvalue weighted by Crippen LogP contribution is 2.39. The Kier molecular flexibility index (Phi) is 8.64. The summed E-state index contributed by atoms with van der Waals surface area (Å²) in [5.74, 6) is 0. The lowest BCUT2D eigenvalue weighted by Crippen LogP contribution is -2.72. The predicted octanol–water partition coefficient (Wildman–Crippen LogP) is 14.6. The molecule has 71 heavy (non-hydrogen) atoms. The average molecular weight is 921 g/mol. The first-order valence-corrected chi connectivity index (χ1v) is 26.5. The fourth-order valence-electron chi connectivity index (χ4n) is 12.4. The van der Waals surface area contributed by atoms with Crippen molar-refractivity contribution in [3.8, 4) is 17.1 Å². The van der Waals surface area contributed by atoms with Gasteiger partial charge < -0.3 is 17.9 Å². The van der Waals surface area contributed by atoms with E-state index in [1.54, 1.807) is 0 Å². The van der Waals surface area contributed by atoms with Crippen molar-refractivity contribution in [3.63, 3.8) is 0 Å². The normalized spacial score (nSPS) is 12.9. The van der Waals surface area contributed by atoms with Gasteiger partial charge in [-0.1, -0.05) is 182 Å². The van der Waals surface area contributed by atoms with Crippen molar-refractivity contribution in [3.05, 3.63) is 267 Å². The van der Waals surface area contributed by atoms with Gasteiger partial charge >= 0.3 is 0 Å². The van der Waals surface area contributed by atoms with E-state index in [-0.39, 0.29) is 0 Å². The number of rotatable bonds is 7. The molecule has 0 amide bonds. The Hall–Kier alpha value is -9.16. The largest absolute Gasteiger partial charge is 0.355 e. The van der Waals surface area contributed by atoms with Gasteiger partial charge in [-0.15, -0.1) is 0 Å². The van der Waals surface area contributed by atoms with Crippen LogP contribution in [0.5, 0.6) is 0 Å². The first-order chi connectivity index (χ1) is 35.3. The highest BCUT2D eigenvalue weighted by atomic mass is 28.3. The van der Waals surface area contributed by atoms with E-state index in [4.69, 9.17) is 0 Å². The first-order valence-electron chi connectivity index (χ1n) is 24.5. The van der Waals surface area contributed by atoms with Crippen LogP contribution in [0, 0.1) is 0 Å². The van der Waals surface area contributed by atoms with E-state index in [0.717, 1.165) is 17.1 Å². The summed E-state index contributed by atoms with van der Waals surface area (Å²) in [5.41, 5.74) is 13.0. The van der Waals surface area contributed by atoms with E-state index in [0.29, 0.717) is 0 Å². The van der Waals surface area contributed by atoms with Gasteiger partial charge in [0.15, 0.2) is 0 Å². The molecule has 0 aliphatic rings. The fraction of sp³-hybridized carbons (Fsp3) is 0. The van der Waals surface area contributed by atoms with Gasteiger partial charge in [0.25, 0.3) is 8.24 Å². The van der Waals surface area contributed by atoms with Gasteiger partial charge in [-0.3, -0.25) is 0 Å². The van der Waals surface area contributed by atoms with Crippen molar-refractivity contribution in [1.82, 2.24) is 17.9 Å². The highest BCUT2D eigenvalue weighted by molar-refractivity contribution is 7.11. The molecule has 4 heterocycles. The zero-order valence-electron chi connectivity index (χ0n) is 38.7. The molecule has 4 nitrogen and oxygen atoms in total. The summed E-state index contributed by atoms with van der Waals surface area (Å²) in [6.45, 7) is 0. The SMILES string of the molecule is c1ccc([Si](c2cccc(-n3c4ccccc4c4ccccc43)c2)(c2cccc(-n3c4ccccc4c4cc(-n5c6ccccc6c6ccccc65)ccc43)c2)n2c3ccccc3c3ccccc32)cc1. The quantitative estimate of drug-likeness (QED) is 0.112. The first kappa shape index (κ1) is 39.8. The second kappa shape index (κ2) is 15.4. The number of hydrogen-bond donors (Lipinski definition) is 0. The van der Waals surface area contributed by atoms with Gasteiger partial charge in [0.05, 0.1) is 33.1 Å². The van der Waals surface area contributed by atoms with E-state index in [1.165, 1.54) is 103 Å². The lowest BCUT2D eigenvalue weighted by Gasteiger charge is -2.37. The summed E-state index contributed by atoms with van der Waals surface area (Å²) in [6.07, 6.45) is 0. The molecule has 0 saturated heterocycles. The monoisotopic (exact) mass is 920 g/mol. The van der Waals surface area contributed by atoms with Gasteiger partial charge in [0, 0.05) is 71.2 Å². The Morgan fingerprint density at radius 2 is 0.493 bits per heavy atom. The Labute approximate surface area is 410 Å². The third kappa shape index (κ3) is 5.66. The van der Waals surface area contributed by atoms with Crippen LogP contribution in [0.1, 0.15) is 0 Å². The maximum Gasteiger partial charge on any atom is 0.257 e. The van der Waals surface area contributed by atoms with E-state index in [1.807, 2.05) is 0 Å². The lowest BCUT2D eigenvalue weighted by molar-refractivity contribution is 1.17. The Morgan fingerprint density at radius 3 is 0.901 bits per heavy atom. The molecule has 0 radical (unpaired) electrons. The topological polar surface area (TPSA) is 19.7 Å². The summed E-state index contributed by atoms with van der Waals surface area (Å²) in [4.78, 5) is 0. The van der Waals surface area contributed by atoms with Crippen molar-refractivity contribution in [2.45, 2.75) is 0 Å². The molecule has 15 rings (SSSR count). The molecule has 0 spiro atoms. The van der Waals surface area contributed by atoms with Crippen LogP contribution in [0.2, 0.25) is 0 Å². The minimum atomic E-state index is -3.35. The zero-order chi connectivity index (χ0) is 46.6. The Balaban J connectivity index is 1.03. The number of para-hydroxylation sites is 7. The molecule has 0 bridgehead atoms. The second-order valence-corrected chi connectivity index (χ2v) is 22.4. The maximum atomic E-state index is 2.76. The molecular weight excluding hydrogens is 877 g/mol. The van der Waals surface area contributed by atoms with Crippen LogP contribution in [-0.4, -0.2) is 26.2 Å². The van der Waals surface area contributed by atoms with Gasteiger partial charge in [-0.25, -0.2) is 0 Å².